The van der Waals surface area contributed by atoms with E-state index in [1.807, 2.05) is 12.1 Å². The summed E-state index contributed by atoms with van der Waals surface area (Å²) in [4.78, 5) is 0. The van der Waals surface area contributed by atoms with Gasteiger partial charge in [-0.05, 0) is 34.7 Å². The van der Waals surface area contributed by atoms with Gasteiger partial charge in [0.25, 0.3) is 0 Å². The number of benzene rings is 1. The number of rotatable bonds is 6. The Bertz CT molecular complexity index is 769. The van der Waals surface area contributed by atoms with Crippen LogP contribution in [0.5, 0.6) is 0 Å². The van der Waals surface area contributed by atoms with Gasteiger partial charge in [0.1, 0.15) is 0 Å². The molecule has 2 aromatic heterocycles. The van der Waals surface area contributed by atoms with Crippen LogP contribution in [0.1, 0.15) is 5.89 Å². The first-order valence-corrected chi connectivity index (χ1v) is 7.71. The van der Waals surface area contributed by atoms with E-state index in [4.69, 9.17) is 16.0 Å². The quantitative estimate of drug-likeness (QED) is 0.506. The highest BCUT2D eigenvalue weighted by Gasteiger charge is 2.11. The van der Waals surface area contributed by atoms with E-state index in [2.05, 4.69) is 32.3 Å². The molecule has 22 heavy (non-hydrogen) atoms. The predicted octanol–water partition coefficient (Wildman–Crippen LogP) is 2.85. The van der Waals surface area contributed by atoms with Gasteiger partial charge in [0, 0.05) is 10.6 Å². The third kappa shape index (κ3) is 3.34. The van der Waals surface area contributed by atoms with Crippen molar-refractivity contribution in [2.45, 2.75) is 17.5 Å². The highest BCUT2D eigenvalue weighted by atomic mass is 35.5. The Balaban J connectivity index is 1.68. The van der Waals surface area contributed by atoms with E-state index in [-0.39, 0.29) is 0 Å². The van der Waals surface area contributed by atoms with Gasteiger partial charge in [0.05, 0.1) is 12.3 Å². The molecule has 0 amide bonds. The summed E-state index contributed by atoms with van der Waals surface area (Å²) >= 11 is 7.27. The molecule has 7 nitrogen and oxygen atoms in total. The van der Waals surface area contributed by atoms with Gasteiger partial charge in [-0.25, -0.2) is 4.68 Å². The van der Waals surface area contributed by atoms with Crippen LogP contribution in [0.3, 0.4) is 0 Å². The topological polar surface area (TPSA) is 82.5 Å². The minimum absolute atomic E-state index is 0.456. The molecule has 0 unspecified atom stereocenters. The van der Waals surface area contributed by atoms with Gasteiger partial charge in [-0.1, -0.05) is 29.4 Å². The van der Waals surface area contributed by atoms with Crippen LogP contribution in [0.2, 0.25) is 5.02 Å². The standard InChI is InChI=1S/C13H11ClN6OS/c1-2-7-20-13(17-18-19-20)22-8-11-15-16-12(21-11)9-3-5-10(14)6-4-9/h2-6H,1,7-8H2. The van der Waals surface area contributed by atoms with E-state index in [0.717, 1.165) is 5.56 Å². The van der Waals surface area contributed by atoms with Crippen molar-refractivity contribution in [3.05, 3.63) is 47.8 Å². The number of thioether (sulfide) groups is 1. The molecule has 0 radical (unpaired) electrons. The van der Waals surface area contributed by atoms with E-state index < -0.39 is 0 Å². The second kappa shape index (κ2) is 6.71. The Morgan fingerprint density at radius 3 is 2.82 bits per heavy atom. The zero-order valence-electron chi connectivity index (χ0n) is 11.4. The molecule has 0 atom stereocenters. The highest BCUT2D eigenvalue weighted by molar-refractivity contribution is 7.98. The van der Waals surface area contributed by atoms with Gasteiger partial charge in [-0.2, -0.15) is 0 Å². The fourth-order valence-electron chi connectivity index (χ4n) is 1.68. The summed E-state index contributed by atoms with van der Waals surface area (Å²) in [5, 5.41) is 20.8. The van der Waals surface area contributed by atoms with E-state index in [1.165, 1.54) is 11.8 Å². The van der Waals surface area contributed by atoms with Gasteiger partial charge in [0.15, 0.2) is 0 Å². The Labute approximate surface area is 135 Å². The molecule has 0 fully saturated rings. The van der Waals surface area contributed by atoms with Gasteiger partial charge in [-0.3, -0.25) is 0 Å². The molecule has 0 bridgehead atoms. The number of hydrogen-bond donors (Lipinski definition) is 0. The number of hydrogen-bond acceptors (Lipinski definition) is 7. The summed E-state index contributed by atoms with van der Waals surface area (Å²) in [6.07, 6.45) is 1.73. The number of tetrazole rings is 1. The first-order valence-electron chi connectivity index (χ1n) is 6.34. The molecule has 9 heteroatoms. The lowest BCUT2D eigenvalue weighted by atomic mass is 10.2. The van der Waals surface area contributed by atoms with Gasteiger partial charge in [-0.15, -0.1) is 21.9 Å². The predicted molar refractivity (Wildman–Crippen MR) is 82.3 cm³/mol. The molecule has 112 valence electrons. The van der Waals surface area contributed by atoms with Crippen molar-refractivity contribution in [3.8, 4) is 11.5 Å². The molecule has 1 aromatic carbocycles. The van der Waals surface area contributed by atoms with Crippen LogP contribution < -0.4 is 0 Å². The van der Waals surface area contributed by atoms with Crippen LogP contribution in [-0.2, 0) is 12.3 Å². The average Bonchev–Trinajstić information content (AvgIpc) is 3.16. The van der Waals surface area contributed by atoms with Gasteiger partial charge in [0.2, 0.25) is 16.9 Å². The number of nitrogens with zero attached hydrogens (tertiary/aromatic N) is 6. The molecule has 0 saturated carbocycles. The second-order valence-electron chi connectivity index (χ2n) is 4.23. The van der Waals surface area contributed by atoms with Crippen LogP contribution in [0.4, 0.5) is 0 Å². The lowest BCUT2D eigenvalue weighted by Crippen LogP contribution is -1.99. The maximum absolute atomic E-state index is 5.85. The molecule has 0 aliphatic rings. The Hall–Kier alpha value is -2.19. The van der Waals surface area contributed by atoms with E-state index >= 15 is 0 Å². The molecule has 0 aliphatic heterocycles. The summed E-state index contributed by atoms with van der Waals surface area (Å²) in [6, 6.07) is 7.21. The van der Waals surface area contributed by atoms with Crippen molar-refractivity contribution < 1.29 is 4.42 Å². The van der Waals surface area contributed by atoms with Crippen molar-refractivity contribution in [1.82, 2.24) is 30.4 Å². The van der Waals surface area contributed by atoms with Gasteiger partial charge < -0.3 is 4.42 Å². The van der Waals surface area contributed by atoms with Crippen LogP contribution in [0.25, 0.3) is 11.5 Å². The Morgan fingerprint density at radius 1 is 1.23 bits per heavy atom. The summed E-state index contributed by atoms with van der Waals surface area (Å²) in [6.45, 7) is 4.21. The fourth-order valence-corrected chi connectivity index (χ4v) is 2.53. The van der Waals surface area contributed by atoms with Crippen LogP contribution in [0, 0.1) is 0 Å². The highest BCUT2D eigenvalue weighted by Crippen LogP contribution is 2.23. The fraction of sp³-hybridized carbons (Fsp3) is 0.154. The second-order valence-corrected chi connectivity index (χ2v) is 5.61. The lowest BCUT2D eigenvalue weighted by Gasteiger charge is -1.98. The zero-order valence-corrected chi connectivity index (χ0v) is 13.0. The minimum Gasteiger partial charge on any atom is -0.420 e. The molecular formula is C13H11ClN6OS. The molecular weight excluding hydrogens is 324 g/mol. The van der Waals surface area contributed by atoms with Crippen LogP contribution >= 0.6 is 23.4 Å². The molecule has 0 N–H and O–H groups in total. The molecule has 0 aliphatic carbocycles. The largest absolute Gasteiger partial charge is 0.420 e. The average molecular weight is 335 g/mol. The van der Waals surface area contributed by atoms with E-state index in [0.29, 0.717) is 34.3 Å². The molecule has 0 saturated heterocycles. The SMILES string of the molecule is C=CCn1nnnc1SCc1nnc(-c2ccc(Cl)cc2)o1. The van der Waals surface area contributed by atoms with Crippen molar-refractivity contribution in [3.63, 3.8) is 0 Å². The van der Waals surface area contributed by atoms with E-state index in [1.54, 1.807) is 22.9 Å². The van der Waals surface area contributed by atoms with E-state index in [9.17, 15) is 0 Å². The molecule has 0 spiro atoms. The number of allylic oxidation sites excluding steroid dienone is 1. The maximum Gasteiger partial charge on any atom is 0.247 e. The molecule has 2 heterocycles. The summed E-state index contributed by atoms with van der Waals surface area (Å²) in [7, 11) is 0. The van der Waals surface area contributed by atoms with Crippen molar-refractivity contribution in [2.24, 2.45) is 0 Å². The third-order valence-corrected chi connectivity index (χ3v) is 3.88. The minimum atomic E-state index is 0.456. The maximum atomic E-state index is 5.85. The first-order chi connectivity index (χ1) is 10.8. The Kier molecular flexibility index (Phi) is 4.50. The molecule has 3 rings (SSSR count). The Morgan fingerprint density at radius 2 is 2.05 bits per heavy atom. The third-order valence-electron chi connectivity index (χ3n) is 2.68. The smallest absolute Gasteiger partial charge is 0.247 e. The van der Waals surface area contributed by atoms with Crippen molar-refractivity contribution in [2.75, 3.05) is 0 Å². The van der Waals surface area contributed by atoms with Crippen LogP contribution in [-0.4, -0.2) is 30.4 Å². The first kappa shape index (κ1) is 14.7. The number of aromatic nitrogens is 6. The number of halogens is 1. The monoisotopic (exact) mass is 334 g/mol. The van der Waals surface area contributed by atoms with Crippen LogP contribution in [0.15, 0.2) is 46.5 Å². The summed E-state index contributed by atoms with van der Waals surface area (Å²) in [5.74, 6) is 1.44. The zero-order chi connectivity index (χ0) is 15.4. The summed E-state index contributed by atoms with van der Waals surface area (Å²) < 4.78 is 7.27. The normalized spacial score (nSPS) is 10.8. The van der Waals surface area contributed by atoms with Crippen molar-refractivity contribution >= 4 is 23.4 Å². The van der Waals surface area contributed by atoms with Crippen molar-refractivity contribution in [1.29, 1.82) is 0 Å². The lowest BCUT2D eigenvalue weighted by molar-refractivity contribution is 0.528. The summed E-state index contributed by atoms with van der Waals surface area (Å²) in [5.41, 5.74) is 0.824. The molecule has 3 aromatic rings. The van der Waals surface area contributed by atoms with Gasteiger partial charge >= 0.3 is 0 Å².